The monoisotopic (exact) mass is 299 g/mol. The fourth-order valence-corrected chi connectivity index (χ4v) is 2.47. The number of phenols is 1. The minimum atomic E-state index is -0.458. The molecule has 0 aliphatic carbocycles. The van der Waals surface area contributed by atoms with Crippen LogP contribution in [0.25, 0.3) is 11.1 Å². The molecule has 0 atom stereocenters. The summed E-state index contributed by atoms with van der Waals surface area (Å²) in [5.74, 6) is -0.820. The van der Waals surface area contributed by atoms with Crippen LogP contribution in [0.1, 0.15) is 11.1 Å². The van der Waals surface area contributed by atoms with Crippen molar-refractivity contribution in [2.75, 3.05) is 0 Å². The largest absolute Gasteiger partial charge is 0.508 e. The lowest BCUT2D eigenvalue weighted by Gasteiger charge is -2.05. The Labute approximate surface area is 125 Å². The van der Waals surface area contributed by atoms with Gasteiger partial charge < -0.3 is 5.11 Å². The van der Waals surface area contributed by atoms with Gasteiger partial charge >= 0.3 is 0 Å². The van der Waals surface area contributed by atoms with E-state index in [2.05, 4.69) is 5.32 Å². The van der Waals surface area contributed by atoms with Crippen LogP contribution in [-0.4, -0.2) is 16.9 Å². The van der Waals surface area contributed by atoms with E-state index in [9.17, 15) is 14.7 Å². The molecule has 0 aromatic heterocycles. The fourth-order valence-electron chi connectivity index (χ4n) is 2.28. The third kappa shape index (κ3) is 2.41. The van der Waals surface area contributed by atoms with Gasteiger partial charge in [0, 0.05) is 5.02 Å². The van der Waals surface area contributed by atoms with Gasteiger partial charge in [0.2, 0.25) is 0 Å². The van der Waals surface area contributed by atoms with Gasteiger partial charge in [-0.05, 0) is 35.4 Å². The number of amides is 2. The Balaban J connectivity index is 2.22. The molecule has 0 saturated carbocycles. The summed E-state index contributed by atoms with van der Waals surface area (Å²) in [6.07, 6.45) is 0. The van der Waals surface area contributed by atoms with Crippen molar-refractivity contribution in [2.45, 2.75) is 0 Å². The number of carbonyl (C=O) groups is 2. The van der Waals surface area contributed by atoms with Crippen molar-refractivity contribution in [2.24, 2.45) is 0 Å². The molecule has 2 aromatic rings. The first-order chi connectivity index (χ1) is 10.1. The number of phenolic OH excluding ortho intramolecular Hbond substituents is 1. The lowest BCUT2D eigenvalue weighted by Crippen LogP contribution is -2.22. The highest BCUT2D eigenvalue weighted by atomic mass is 35.5. The predicted octanol–water partition coefficient (Wildman–Crippen LogP) is 2.61. The normalized spacial score (nSPS) is 14.5. The summed E-state index contributed by atoms with van der Waals surface area (Å²) in [5, 5.41) is 12.1. The molecular weight excluding hydrogens is 290 g/mol. The van der Waals surface area contributed by atoms with Gasteiger partial charge in [0.15, 0.2) is 0 Å². The van der Waals surface area contributed by atoms with Gasteiger partial charge in [0.25, 0.3) is 11.8 Å². The summed E-state index contributed by atoms with van der Waals surface area (Å²) >= 11 is 5.95. The summed E-state index contributed by atoms with van der Waals surface area (Å²) < 4.78 is 0. The average molecular weight is 300 g/mol. The SMILES string of the molecule is O=C1NC(=O)C(c2cccc(Cl)c2)=C1c1ccc(O)cc1. The average Bonchev–Trinajstić information content (AvgIpc) is 2.74. The van der Waals surface area contributed by atoms with Crippen molar-refractivity contribution in [3.63, 3.8) is 0 Å². The zero-order valence-corrected chi connectivity index (χ0v) is 11.5. The molecule has 0 fully saturated rings. The zero-order valence-electron chi connectivity index (χ0n) is 10.8. The van der Waals surface area contributed by atoms with Crippen molar-refractivity contribution >= 4 is 34.6 Å². The van der Waals surface area contributed by atoms with Gasteiger partial charge in [-0.25, -0.2) is 0 Å². The van der Waals surface area contributed by atoms with E-state index >= 15 is 0 Å². The highest BCUT2D eigenvalue weighted by Crippen LogP contribution is 2.32. The molecule has 21 heavy (non-hydrogen) atoms. The van der Waals surface area contributed by atoms with E-state index in [4.69, 9.17) is 11.6 Å². The summed E-state index contributed by atoms with van der Waals surface area (Å²) in [5.41, 5.74) is 1.70. The first-order valence-electron chi connectivity index (χ1n) is 6.21. The van der Waals surface area contributed by atoms with Gasteiger partial charge in [-0.1, -0.05) is 35.9 Å². The molecular formula is C16H10ClNO3. The van der Waals surface area contributed by atoms with E-state index in [-0.39, 0.29) is 16.9 Å². The number of rotatable bonds is 2. The summed E-state index contributed by atoms with van der Waals surface area (Å²) in [7, 11) is 0. The molecule has 3 rings (SSSR count). The third-order valence-corrected chi connectivity index (χ3v) is 3.44. The number of nitrogens with one attached hydrogen (secondary N) is 1. The number of imide groups is 1. The summed E-state index contributed by atoms with van der Waals surface area (Å²) in [4.78, 5) is 24.1. The van der Waals surface area contributed by atoms with Crippen molar-refractivity contribution in [1.29, 1.82) is 0 Å². The maximum atomic E-state index is 12.1. The first kappa shape index (κ1) is 13.4. The van der Waals surface area contributed by atoms with Crippen molar-refractivity contribution in [3.05, 3.63) is 64.7 Å². The van der Waals surface area contributed by atoms with E-state index in [1.54, 1.807) is 36.4 Å². The molecule has 0 bridgehead atoms. The molecule has 2 N–H and O–H groups in total. The van der Waals surface area contributed by atoms with Crippen LogP contribution in [0.4, 0.5) is 0 Å². The van der Waals surface area contributed by atoms with Gasteiger partial charge in [0.05, 0.1) is 11.1 Å². The van der Waals surface area contributed by atoms with Gasteiger partial charge in [0.1, 0.15) is 5.75 Å². The molecule has 4 nitrogen and oxygen atoms in total. The Hall–Kier alpha value is -2.59. The van der Waals surface area contributed by atoms with Crippen molar-refractivity contribution in [1.82, 2.24) is 5.32 Å². The number of benzene rings is 2. The van der Waals surface area contributed by atoms with E-state index in [0.29, 0.717) is 16.1 Å². The summed E-state index contributed by atoms with van der Waals surface area (Å²) in [6.45, 7) is 0. The van der Waals surface area contributed by atoms with Crippen LogP contribution in [-0.2, 0) is 9.59 Å². The molecule has 1 heterocycles. The highest BCUT2D eigenvalue weighted by molar-refractivity contribution is 6.49. The Morgan fingerprint density at radius 2 is 1.48 bits per heavy atom. The maximum absolute atomic E-state index is 12.1. The number of carbonyl (C=O) groups excluding carboxylic acids is 2. The van der Waals surface area contributed by atoms with Gasteiger partial charge in [-0.3, -0.25) is 14.9 Å². The summed E-state index contributed by atoms with van der Waals surface area (Å²) in [6, 6.07) is 12.9. The molecule has 0 unspecified atom stereocenters. The Bertz CT molecular complexity index is 778. The number of hydrogen-bond donors (Lipinski definition) is 2. The fraction of sp³-hybridized carbons (Fsp3) is 0. The highest BCUT2D eigenvalue weighted by Gasteiger charge is 2.32. The smallest absolute Gasteiger partial charge is 0.259 e. The van der Waals surface area contributed by atoms with Crippen molar-refractivity contribution in [3.8, 4) is 5.75 Å². The lowest BCUT2D eigenvalue weighted by atomic mass is 9.96. The standard InChI is InChI=1S/C16H10ClNO3/c17-11-3-1-2-10(8-11)14-13(15(20)18-16(14)21)9-4-6-12(19)7-5-9/h1-8,19H,(H,18,20,21). The number of hydrogen-bond acceptors (Lipinski definition) is 3. The Kier molecular flexibility index (Phi) is 3.23. The van der Waals surface area contributed by atoms with Gasteiger partial charge in [-0.15, -0.1) is 0 Å². The lowest BCUT2D eigenvalue weighted by molar-refractivity contribution is -0.122. The van der Waals surface area contributed by atoms with Gasteiger partial charge in [-0.2, -0.15) is 0 Å². The quantitative estimate of drug-likeness (QED) is 0.838. The van der Waals surface area contributed by atoms with Crippen molar-refractivity contribution < 1.29 is 14.7 Å². The molecule has 1 aliphatic heterocycles. The Morgan fingerprint density at radius 3 is 2.10 bits per heavy atom. The van der Waals surface area contributed by atoms with Crippen LogP contribution in [0, 0.1) is 0 Å². The molecule has 104 valence electrons. The second-order valence-corrected chi connectivity index (χ2v) is 5.03. The van der Waals surface area contributed by atoms with Crippen LogP contribution in [0.3, 0.4) is 0 Å². The van der Waals surface area contributed by atoms with Crippen LogP contribution in [0.5, 0.6) is 5.75 Å². The molecule has 0 spiro atoms. The second kappa shape index (κ2) is 5.07. The van der Waals surface area contributed by atoms with Crippen LogP contribution in [0.2, 0.25) is 5.02 Å². The zero-order chi connectivity index (χ0) is 15.0. The maximum Gasteiger partial charge on any atom is 0.259 e. The molecule has 2 aromatic carbocycles. The second-order valence-electron chi connectivity index (χ2n) is 4.59. The van der Waals surface area contributed by atoms with E-state index < -0.39 is 11.8 Å². The van der Waals surface area contributed by atoms with E-state index in [1.807, 2.05) is 0 Å². The number of aromatic hydroxyl groups is 1. The molecule has 5 heteroatoms. The minimum absolute atomic E-state index is 0.0911. The Morgan fingerprint density at radius 1 is 0.857 bits per heavy atom. The molecule has 0 radical (unpaired) electrons. The molecule has 0 saturated heterocycles. The topological polar surface area (TPSA) is 66.4 Å². The predicted molar refractivity (Wildman–Crippen MR) is 79.5 cm³/mol. The number of halogens is 1. The van der Waals surface area contributed by atoms with E-state index in [1.165, 1.54) is 12.1 Å². The molecule has 2 amide bonds. The third-order valence-electron chi connectivity index (χ3n) is 3.20. The first-order valence-corrected chi connectivity index (χ1v) is 6.59. The van der Waals surface area contributed by atoms with Crippen LogP contribution >= 0.6 is 11.6 Å². The van der Waals surface area contributed by atoms with E-state index in [0.717, 1.165) is 0 Å². The van der Waals surface area contributed by atoms with Crippen LogP contribution < -0.4 is 5.32 Å². The molecule has 1 aliphatic rings. The van der Waals surface area contributed by atoms with Crippen LogP contribution in [0.15, 0.2) is 48.5 Å². The minimum Gasteiger partial charge on any atom is -0.508 e.